The standard InChI is InChI=1S/C29H41N3O3/c1-30-20-24-19-26(10-11-28(24)29(22-30)23-6-8-25(33-2)9-7-23)34-18-4-12-31-13-15-32(16-14-31)21-27-5-3-17-35-27/h6-11,19,27,29H,3-5,12-18,20-22H2,1-2H3. The Kier molecular flexibility index (Phi) is 8.24. The lowest BCUT2D eigenvalue weighted by atomic mass is 9.84. The highest BCUT2D eigenvalue weighted by Gasteiger charge is 2.25. The maximum atomic E-state index is 6.19. The smallest absolute Gasteiger partial charge is 0.119 e. The van der Waals surface area contributed by atoms with Crippen LogP contribution in [0.3, 0.4) is 0 Å². The van der Waals surface area contributed by atoms with E-state index in [2.05, 4.69) is 64.2 Å². The van der Waals surface area contributed by atoms with Crippen LogP contribution >= 0.6 is 0 Å². The second kappa shape index (κ2) is 11.7. The molecule has 3 heterocycles. The van der Waals surface area contributed by atoms with Gasteiger partial charge < -0.3 is 24.0 Å². The lowest BCUT2D eigenvalue weighted by Gasteiger charge is -2.35. The van der Waals surface area contributed by atoms with E-state index in [9.17, 15) is 0 Å². The van der Waals surface area contributed by atoms with Crippen LogP contribution in [0.4, 0.5) is 0 Å². The fraction of sp³-hybridized carbons (Fsp3) is 0.586. The Morgan fingerprint density at radius 1 is 0.971 bits per heavy atom. The van der Waals surface area contributed by atoms with E-state index in [1.165, 1.54) is 29.5 Å². The summed E-state index contributed by atoms with van der Waals surface area (Å²) in [6.07, 6.45) is 4.00. The molecule has 6 heteroatoms. The Balaban J connectivity index is 1.09. The largest absolute Gasteiger partial charge is 0.497 e. The molecule has 2 atom stereocenters. The van der Waals surface area contributed by atoms with Crippen molar-refractivity contribution in [2.45, 2.75) is 37.8 Å². The van der Waals surface area contributed by atoms with Gasteiger partial charge in [-0.1, -0.05) is 18.2 Å². The SMILES string of the molecule is COc1ccc(C2CN(C)Cc3cc(OCCCN4CCN(CC5CCCO5)CC4)ccc32)cc1. The molecule has 0 amide bonds. The van der Waals surface area contributed by atoms with Gasteiger partial charge in [-0.3, -0.25) is 4.90 Å². The van der Waals surface area contributed by atoms with Gasteiger partial charge in [-0.15, -0.1) is 0 Å². The molecular weight excluding hydrogens is 438 g/mol. The molecule has 0 radical (unpaired) electrons. The van der Waals surface area contributed by atoms with E-state index in [1.807, 2.05) is 0 Å². The third-order valence-electron chi connectivity index (χ3n) is 7.78. The Labute approximate surface area is 210 Å². The normalized spacial score (nSPS) is 23.8. The van der Waals surface area contributed by atoms with Crippen molar-refractivity contribution in [3.05, 3.63) is 59.2 Å². The first kappa shape index (κ1) is 24.6. The van der Waals surface area contributed by atoms with E-state index in [-0.39, 0.29) is 0 Å². The van der Waals surface area contributed by atoms with Gasteiger partial charge in [0.05, 0.1) is 19.8 Å². The van der Waals surface area contributed by atoms with Gasteiger partial charge in [0.25, 0.3) is 0 Å². The molecule has 0 aromatic heterocycles. The van der Waals surface area contributed by atoms with Gasteiger partial charge in [-0.2, -0.15) is 0 Å². The van der Waals surface area contributed by atoms with Crippen LogP contribution in [0.5, 0.6) is 11.5 Å². The van der Waals surface area contributed by atoms with Crippen molar-refractivity contribution in [3.63, 3.8) is 0 Å². The molecule has 0 spiro atoms. The molecule has 3 aliphatic heterocycles. The second-order valence-electron chi connectivity index (χ2n) is 10.4. The van der Waals surface area contributed by atoms with Crippen LogP contribution in [0, 0.1) is 0 Å². The fourth-order valence-electron chi connectivity index (χ4n) is 5.79. The predicted octanol–water partition coefficient (Wildman–Crippen LogP) is 3.84. The Bertz CT molecular complexity index is 937. The van der Waals surface area contributed by atoms with E-state index in [1.54, 1.807) is 7.11 Å². The summed E-state index contributed by atoms with van der Waals surface area (Å²) in [5.41, 5.74) is 4.13. The third-order valence-corrected chi connectivity index (χ3v) is 7.78. The molecule has 2 saturated heterocycles. The minimum absolute atomic E-state index is 0.377. The molecule has 6 nitrogen and oxygen atoms in total. The first-order valence-electron chi connectivity index (χ1n) is 13.3. The summed E-state index contributed by atoms with van der Waals surface area (Å²) < 4.78 is 17.3. The number of benzene rings is 2. The zero-order chi connectivity index (χ0) is 24.0. The average Bonchev–Trinajstić information content (AvgIpc) is 3.40. The molecule has 2 aromatic rings. The van der Waals surface area contributed by atoms with Crippen LogP contribution in [0.25, 0.3) is 0 Å². The quantitative estimate of drug-likeness (QED) is 0.509. The highest BCUT2D eigenvalue weighted by molar-refractivity contribution is 5.45. The van der Waals surface area contributed by atoms with Crippen LogP contribution < -0.4 is 9.47 Å². The molecule has 35 heavy (non-hydrogen) atoms. The summed E-state index contributed by atoms with van der Waals surface area (Å²) in [4.78, 5) is 7.56. The molecule has 2 aromatic carbocycles. The summed E-state index contributed by atoms with van der Waals surface area (Å²) in [5, 5.41) is 0. The minimum Gasteiger partial charge on any atom is -0.497 e. The lowest BCUT2D eigenvalue weighted by Crippen LogP contribution is -2.48. The number of hydrogen-bond acceptors (Lipinski definition) is 6. The first-order valence-corrected chi connectivity index (χ1v) is 13.3. The van der Waals surface area contributed by atoms with Crippen LogP contribution in [0.2, 0.25) is 0 Å². The topological polar surface area (TPSA) is 37.4 Å². The maximum absolute atomic E-state index is 6.19. The van der Waals surface area contributed by atoms with Crippen molar-refractivity contribution in [3.8, 4) is 11.5 Å². The van der Waals surface area contributed by atoms with Gasteiger partial charge in [0, 0.05) is 64.9 Å². The first-order chi connectivity index (χ1) is 17.2. The van der Waals surface area contributed by atoms with Crippen molar-refractivity contribution in [2.24, 2.45) is 0 Å². The van der Waals surface area contributed by atoms with Gasteiger partial charge in [0.1, 0.15) is 11.5 Å². The predicted molar refractivity (Wildman–Crippen MR) is 140 cm³/mol. The molecule has 0 N–H and O–H groups in total. The number of fused-ring (bicyclic) bond motifs is 1. The number of methoxy groups -OCH3 is 1. The monoisotopic (exact) mass is 479 g/mol. The highest BCUT2D eigenvalue weighted by atomic mass is 16.5. The average molecular weight is 480 g/mol. The number of rotatable bonds is 9. The van der Waals surface area contributed by atoms with Crippen LogP contribution in [0.1, 0.15) is 41.9 Å². The van der Waals surface area contributed by atoms with E-state index >= 15 is 0 Å². The third kappa shape index (κ3) is 6.36. The Morgan fingerprint density at radius 3 is 2.49 bits per heavy atom. The van der Waals surface area contributed by atoms with E-state index in [0.29, 0.717) is 12.0 Å². The number of piperazine rings is 1. The van der Waals surface area contributed by atoms with Gasteiger partial charge in [0.2, 0.25) is 0 Å². The number of likely N-dealkylation sites (N-methyl/N-ethyl adjacent to an activating group) is 1. The molecule has 2 unspecified atom stereocenters. The zero-order valence-corrected chi connectivity index (χ0v) is 21.5. The van der Waals surface area contributed by atoms with Crippen molar-refractivity contribution in [1.82, 2.24) is 14.7 Å². The van der Waals surface area contributed by atoms with Gasteiger partial charge in [0.15, 0.2) is 0 Å². The Hall–Kier alpha value is -2.12. The van der Waals surface area contributed by atoms with Gasteiger partial charge in [-0.05, 0) is 67.3 Å². The van der Waals surface area contributed by atoms with Crippen LogP contribution in [-0.2, 0) is 11.3 Å². The molecule has 0 bridgehead atoms. The lowest BCUT2D eigenvalue weighted by molar-refractivity contribution is 0.0495. The summed E-state index contributed by atoms with van der Waals surface area (Å²) >= 11 is 0. The van der Waals surface area contributed by atoms with E-state index in [4.69, 9.17) is 14.2 Å². The zero-order valence-electron chi connectivity index (χ0n) is 21.5. The molecular formula is C29H41N3O3. The molecule has 190 valence electrons. The molecule has 3 aliphatic rings. The molecule has 2 fully saturated rings. The summed E-state index contributed by atoms with van der Waals surface area (Å²) in [7, 11) is 3.92. The minimum atomic E-state index is 0.377. The van der Waals surface area contributed by atoms with E-state index in [0.717, 1.165) is 83.5 Å². The number of nitrogens with zero attached hydrogens (tertiary/aromatic N) is 3. The van der Waals surface area contributed by atoms with Crippen LogP contribution in [0.15, 0.2) is 42.5 Å². The number of ether oxygens (including phenoxy) is 3. The van der Waals surface area contributed by atoms with Crippen molar-refractivity contribution >= 4 is 0 Å². The van der Waals surface area contributed by atoms with Crippen LogP contribution in [-0.4, -0.2) is 94.0 Å². The van der Waals surface area contributed by atoms with Crippen molar-refractivity contribution in [2.75, 3.05) is 73.2 Å². The van der Waals surface area contributed by atoms with Crippen molar-refractivity contribution < 1.29 is 14.2 Å². The Morgan fingerprint density at radius 2 is 1.74 bits per heavy atom. The molecule has 0 saturated carbocycles. The maximum Gasteiger partial charge on any atom is 0.119 e. The summed E-state index contributed by atoms with van der Waals surface area (Å²) in [5.74, 6) is 2.28. The fourth-order valence-corrected chi connectivity index (χ4v) is 5.79. The summed E-state index contributed by atoms with van der Waals surface area (Å²) in [6, 6.07) is 15.2. The van der Waals surface area contributed by atoms with E-state index < -0.39 is 0 Å². The summed E-state index contributed by atoms with van der Waals surface area (Å²) in [6.45, 7) is 10.6. The highest BCUT2D eigenvalue weighted by Crippen LogP contribution is 2.35. The molecule has 5 rings (SSSR count). The van der Waals surface area contributed by atoms with Gasteiger partial charge >= 0.3 is 0 Å². The molecule has 0 aliphatic carbocycles. The number of hydrogen-bond donors (Lipinski definition) is 0. The second-order valence-corrected chi connectivity index (χ2v) is 10.4. The van der Waals surface area contributed by atoms with Crippen molar-refractivity contribution in [1.29, 1.82) is 0 Å². The van der Waals surface area contributed by atoms with Gasteiger partial charge in [-0.25, -0.2) is 0 Å².